The van der Waals surface area contributed by atoms with Crippen LogP contribution in [0.15, 0.2) is 53.4 Å². The number of amides is 1. The van der Waals surface area contributed by atoms with E-state index in [4.69, 9.17) is 21.1 Å². The van der Waals surface area contributed by atoms with Gasteiger partial charge in [0.1, 0.15) is 5.75 Å². The van der Waals surface area contributed by atoms with Gasteiger partial charge in [-0.1, -0.05) is 41.9 Å². The van der Waals surface area contributed by atoms with Crippen LogP contribution in [0.1, 0.15) is 5.56 Å². The number of halogens is 1. The van der Waals surface area contributed by atoms with Crippen LogP contribution in [0.4, 0.5) is 0 Å². The molecule has 5 nitrogen and oxygen atoms in total. The molecule has 0 saturated heterocycles. The number of hydrogen-bond acceptors (Lipinski definition) is 5. The van der Waals surface area contributed by atoms with Crippen molar-refractivity contribution < 1.29 is 19.1 Å². The maximum atomic E-state index is 11.8. The van der Waals surface area contributed by atoms with E-state index in [0.717, 1.165) is 10.5 Å². The van der Waals surface area contributed by atoms with Crippen molar-refractivity contribution >= 4 is 35.2 Å². The molecule has 1 amide bonds. The van der Waals surface area contributed by atoms with Gasteiger partial charge in [0.05, 0.1) is 17.9 Å². The maximum absolute atomic E-state index is 11.8. The lowest BCUT2D eigenvalue weighted by atomic mass is 10.2. The molecular formula is C18H18ClNO4S. The fourth-order valence-electron chi connectivity index (χ4n) is 1.98. The lowest BCUT2D eigenvalue weighted by Gasteiger charge is -2.10. The van der Waals surface area contributed by atoms with Gasteiger partial charge in [-0.2, -0.15) is 0 Å². The zero-order chi connectivity index (χ0) is 18.1. The molecule has 0 spiro atoms. The number of carbonyl (C=O) groups is 2. The van der Waals surface area contributed by atoms with Crippen molar-refractivity contribution in [1.29, 1.82) is 0 Å². The zero-order valence-corrected chi connectivity index (χ0v) is 15.2. The second kappa shape index (κ2) is 9.96. The molecule has 2 aromatic rings. The molecule has 0 radical (unpaired) electrons. The zero-order valence-electron chi connectivity index (χ0n) is 13.7. The number of esters is 1. The van der Waals surface area contributed by atoms with Gasteiger partial charge >= 0.3 is 5.97 Å². The molecule has 0 heterocycles. The van der Waals surface area contributed by atoms with Gasteiger partial charge in [-0.25, -0.2) is 0 Å². The van der Waals surface area contributed by atoms with Crippen molar-refractivity contribution in [3.63, 3.8) is 0 Å². The molecule has 0 aliphatic rings. The Morgan fingerprint density at radius 3 is 2.60 bits per heavy atom. The number of para-hydroxylation sites is 1. The molecule has 2 aromatic carbocycles. The molecule has 0 bridgehead atoms. The van der Waals surface area contributed by atoms with Gasteiger partial charge in [0.15, 0.2) is 6.61 Å². The highest BCUT2D eigenvalue weighted by Gasteiger charge is 2.10. The van der Waals surface area contributed by atoms with E-state index in [-0.39, 0.29) is 18.3 Å². The van der Waals surface area contributed by atoms with Gasteiger partial charge in [-0.05, 0) is 18.2 Å². The average Bonchev–Trinajstić information content (AvgIpc) is 2.64. The average molecular weight is 380 g/mol. The summed E-state index contributed by atoms with van der Waals surface area (Å²) in [6.07, 6.45) is 0. The summed E-state index contributed by atoms with van der Waals surface area (Å²) in [5.41, 5.74) is 0.846. The van der Waals surface area contributed by atoms with Crippen LogP contribution in [0.2, 0.25) is 5.02 Å². The van der Waals surface area contributed by atoms with E-state index in [0.29, 0.717) is 17.3 Å². The SMILES string of the molecule is COc1ccccc1CNC(=O)COC(=O)CSc1ccccc1Cl. The lowest BCUT2D eigenvalue weighted by molar-refractivity contribution is -0.145. The second-order valence-electron chi connectivity index (χ2n) is 4.97. The van der Waals surface area contributed by atoms with Gasteiger partial charge in [-0.3, -0.25) is 9.59 Å². The smallest absolute Gasteiger partial charge is 0.316 e. The molecular weight excluding hydrogens is 362 g/mol. The summed E-state index contributed by atoms with van der Waals surface area (Å²) in [6.45, 7) is -0.0220. The molecule has 25 heavy (non-hydrogen) atoms. The molecule has 1 N–H and O–H groups in total. The first-order chi connectivity index (χ1) is 12.1. The normalized spacial score (nSPS) is 10.2. The molecule has 0 aromatic heterocycles. The Labute approximate surface area is 155 Å². The number of rotatable bonds is 8. The molecule has 2 rings (SSSR count). The molecule has 0 aliphatic heterocycles. The second-order valence-corrected chi connectivity index (χ2v) is 6.39. The topological polar surface area (TPSA) is 64.6 Å². The highest BCUT2D eigenvalue weighted by molar-refractivity contribution is 8.00. The third kappa shape index (κ3) is 6.32. The van der Waals surface area contributed by atoms with E-state index < -0.39 is 5.97 Å². The molecule has 0 fully saturated rings. The Kier molecular flexibility index (Phi) is 7.63. The monoisotopic (exact) mass is 379 g/mol. The maximum Gasteiger partial charge on any atom is 0.316 e. The predicted molar refractivity (Wildman–Crippen MR) is 98.0 cm³/mol. The van der Waals surface area contributed by atoms with Crippen LogP contribution < -0.4 is 10.1 Å². The predicted octanol–water partition coefficient (Wildman–Crippen LogP) is 3.30. The largest absolute Gasteiger partial charge is 0.496 e. The van der Waals surface area contributed by atoms with Crippen LogP contribution >= 0.6 is 23.4 Å². The summed E-state index contributed by atoms with van der Waals surface area (Å²) in [5, 5.41) is 3.27. The van der Waals surface area contributed by atoms with E-state index in [2.05, 4.69) is 5.32 Å². The van der Waals surface area contributed by atoms with Crippen molar-refractivity contribution in [1.82, 2.24) is 5.32 Å². The van der Waals surface area contributed by atoms with E-state index in [1.807, 2.05) is 42.5 Å². The Morgan fingerprint density at radius 2 is 1.84 bits per heavy atom. The lowest BCUT2D eigenvalue weighted by Crippen LogP contribution is -2.28. The Morgan fingerprint density at radius 1 is 1.12 bits per heavy atom. The first-order valence-electron chi connectivity index (χ1n) is 7.51. The minimum atomic E-state index is -0.475. The van der Waals surface area contributed by atoms with Gasteiger partial charge in [0.2, 0.25) is 0 Å². The fourth-order valence-corrected chi connectivity index (χ4v) is 3.02. The van der Waals surface area contributed by atoms with Gasteiger partial charge < -0.3 is 14.8 Å². The highest BCUT2D eigenvalue weighted by atomic mass is 35.5. The number of ether oxygens (including phenoxy) is 2. The molecule has 0 saturated carbocycles. The fraction of sp³-hybridized carbons (Fsp3) is 0.222. The first kappa shape index (κ1) is 19.1. The molecule has 0 aliphatic carbocycles. The number of methoxy groups -OCH3 is 1. The van der Waals surface area contributed by atoms with E-state index in [1.54, 1.807) is 13.2 Å². The first-order valence-corrected chi connectivity index (χ1v) is 8.88. The van der Waals surface area contributed by atoms with Crippen molar-refractivity contribution in [2.75, 3.05) is 19.5 Å². The quantitative estimate of drug-likeness (QED) is 0.563. The third-order valence-electron chi connectivity index (χ3n) is 3.21. The number of hydrogen-bond donors (Lipinski definition) is 1. The number of nitrogens with one attached hydrogen (secondary N) is 1. The minimum Gasteiger partial charge on any atom is -0.496 e. The standard InChI is InChI=1S/C18H18ClNO4S/c1-23-15-8-4-2-6-13(15)10-20-17(21)11-24-18(22)12-25-16-9-5-3-7-14(16)19/h2-9H,10-12H2,1H3,(H,20,21). The van der Waals surface area contributed by atoms with Crippen LogP contribution in [0.5, 0.6) is 5.75 Å². The van der Waals surface area contributed by atoms with E-state index in [9.17, 15) is 9.59 Å². The van der Waals surface area contributed by atoms with E-state index in [1.165, 1.54) is 11.8 Å². The molecule has 0 atom stereocenters. The van der Waals surface area contributed by atoms with Gasteiger partial charge in [-0.15, -0.1) is 11.8 Å². The van der Waals surface area contributed by atoms with Crippen LogP contribution in [0.25, 0.3) is 0 Å². The summed E-state index contributed by atoms with van der Waals surface area (Å²) in [4.78, 5) is 24.3. The van der Waals surface area contributed by atoms with Crippen molar-refractivity contribution in [3.05, 3.63) is 59.1 Å². The number of thioether (sulfide) groups is 1. The van der Waals surface area contributed by atoms with Crippen LogP contribution in [0, 0.1) is 0 Å². The van der Waals surface area contributed by atoms with Crippen LogP contribution in [-0.2, 0) is 20.9 Å². The third-order valence-corrected chi connectivity index (χ3v) is 4.70. The summed E-state index contributed by atoms with van der Waals surface area (Å²) in [7, 11) is 1.57. The van der Waals surface area contributed by atoms with Gasteiger partial charge in [0, 0.05) is 17.0 Å². The molecule has 0 unspecified atom stereocenters. The van der Waals surface area contributed by atoms with Crippen molar-refractivity contribution in [2.45, 2.75) is 11.4 Å². The summed E-state index contributed by atoms with van der Waals surface area (Å²) >= 11 is 7.28. The number of carbonyl (C=O) groups excluding carboxylic acids is 2. The summed E-state index contributed by atoms with van der Waals surface area (Å²) in [5.74, 6) is -0.0703. The molecule has 132 valence electrons. The Balaban J connectivity index is 1.71. The number of benzene rings is 2. The Bertz CT molecular complexity index is 739. The minimum absolute atomic E-state index is 0.0868. The van der Waals surface area contributed by atoms with Crippen LogP contribution in [-0.4, -0.2) is 31.3 Å². The van der Waals surface area contributed by atoms with Gasteiger partial charge in [0.25, 0.3) is 5.91 Å². The highest BCUT2D eigenvalue weighted by Crippen LogP contribution is 2.26. The van der Waals surface area contributed by atoms with Crippen LogP contribution in [0.3, 0.4) is 0 Å². The van der Waals surface area contributed by atoms with E-state index >= 15 is 0 Å². The molecule has 7 heteroatoms. The Hall–Kier alpha value is -2.18. The summed E-state index contributed by atoms with van der Waals surface area (Å²) in [6, 6.07) is 14.6. The van der Waals surface area contributed by atoms with Crippen molar-refractivity contribution in [2.24, 2.45) is 0 Å². The summed E-state index contributed by atoms with van der Waals surface area (Å²) < 4.78 is 10.2. The van der Waals surface area contributed by atoms with Crippen molar-refractivity contribution in [3.8, 4) is 5.75 Å².